The largest absolute Gasteiger partial charge is 0.0620 e. The van der Waals surface area contributed by atoms with Gasteiger partial charge in [0.05, 0.1) is 0 Å². The van der Waals surface area contributed by atoms with E-state index in [1.165, 1.54) is 28.7 Å². The fraction of sp³-hybridized carbons (Fsp3) is 0.200. The van der Waals surface area contributed by atoms with Crippen LogP contribution in [0.4, 0.5) is 0 Å². The van der Waals surface area contributed by atoms with E-state index in [0.29, 0.717) is 5.92 Å². The Balaban J connectivity index is 2.30. The number of hydrogen-bond donors (Lipinski definition) is 0. The third-order valence-corrected chi connectivity index (χ3v) is 3.33. The standard InChI is InChI=1S/C15H14/c1-11-10-12-6-2-3-8-14(12)15-9-5-4-7-13(11)15/h2-9,11H,10H2,1H3/t11-/m1/s1. The highest BCUT2D eigenvalue weighted by molar-refractivity contribution is 5.73. The van der Waals surface area contributed by atoms with Gasteiger partial charge in [-0.25, -0.2) is 0 Å². The van der Waals surface area contributed by atoms with Gasteiger partial charge in [0.15, 0.2) is 0 Å². The summed E-state index contributed by atoms with van der Waals surface area (Å²) in [4.78, 5) is 0. The van der Waals surface area contributed by atoms with Crippen molar-refractivity contribution >= 4 is 0 Å². The van der Waals surface area contributed by atoms with Crippen molar-refractivity contribution in [1.29, 1.82) is 0 Å². The minimum atomic E-state index is 0.649. The molecule has 0 nitrogen and oxygen atoms in total. The maximum absolute atomic E-state index is 2.31. The van der Waals surface area contributed by atoms with Crippen LogP contribution in [0, 0.1) is 0 Å². The Morgan fingerprint density at radius 1 is 0.867 bits per heavy atom. The molecule has 1 aliphatic rings. The average Bonchev–Trinajstić information content (AvgIpc) is 2.30. The Morgan fingerprint density at radius 2 is 1.53 bits per heavy atom. The van der Waals surface area contributed by atoms with Crippen molar-refractivity contribution < 1.29 is 0 Å². The van der Waals surface area contributed by atoms with E-state index >= 15 is 0 Å². The van der Waals surface area contributed by atoms with Gasteiger partial charge in [-0.2, -0.15) is 0 Å². The van der Waals surface area contributed by atoms with E-state index in [1.54, 1.807) is 0 Å². The fourth-order valence-electron chi connectivity index (χ4n) is 2.57. The lowest BCUT2D eigenvalue weighted by Crippen LogP contribution is -2.07. The molecular weight excluding hydrogens is 180 g/mol. The molecule has 0 spiro atoms. The van der Waals surface area contributed by atoms with Crippen molar-refractivity contribution in [2.24, 2.45) is 0 Å². The molecule has 0 saturated heterocycles. The normalized spacial score (nSPS) is 18.1. The molecule has 0 saturated carbocycles. The molecule has 2 aromatic carbocycles. The molecule has 1 aliphatic carbocycles. The van der Waals surface area contributed by atoms with Crippen LogP contribution in [-0.4, -0.2) is 0 Å². The number of fused-ring (bicyclic) bond motifs is 3. The molecule has 0 heterocycles. The van der Waals surface area contributed by atoms with Crippen molar-refractivity contribution in [1.82, 2.24) is 0 Å². The zero-order chi connectivity index (χ0) is 10.3. The van der Waals surface area contributed by atoms with E-state index < -0.39 is 0 Å². The molecule has 15 heavy (non-hydrogen) atoms. The first-order valence-corrected chi connectivity index (χ1v) is 5.53. The molecule has 0 fully saturated rings. The van der Waals surface area contributed by atoms with Gasteiger partial charge in [0.2, 0.25) is 0 Å². The second-order valence-electron chi connectivity index (χ2n) is 4.35. The van der Waals surface area contributed by atoms with Gasteiger partial charge in [-0.15, -0.1) is 0 Å². The molecule has 0 bridgehead atoms. The third kappa shape index (κ3) is 1.29. The summed E-state index contributed by atoms with van der Waals surface area (Å²) >= 11 is 0. The molecule has 3 rings (SSSR count). The molecule has 0 heteroatoms. The zero-order valence-electron chi connectivity index (χ0n) is 8.90. The predicted molar refractivity (Wildman–Crippen MR) is 64.0 cm³/mol. The van der Waals surface area contributed by atoms with E-state index in [0.717, 1.165) is 0 Å². The quantitative estimate of drug-likeness (QED) is 0.594. The first-order chi connectivity index (χ1) is 7.36. The van der Waals surface area contributed by atoms with Gasteiger partial charge in [-0.1, -0.05) is 55.5 Å². The number of hydrogen-bond acceptors (Lipinski definition) is 0. The van der Waals surface area contributed by atoms with E-state index in [1.807, 2.05) is 0 Å². The van der Waals surface area contributed by atoms with Crippen molar-refractivity contribution in [3.8, 4) is 11.1 Å². The monoisotopic (exact) mass is 194 g/mol. The van der Waals surface area contributed by atoms with Crippen LogP contribution in [0.3, 0.4) is 0 Å². The maximum atomic E-state index is 2.31. The van der Waals surface area contributed by atoms with Gasteiger partial charge in [0.25, 0.3) is 0 Å². The molecule has 74 valence electrons. The van der Waals surface area contributed by atoms with Crippen LogP contribution in [0.15, 0.2) is 48.5 Å². The summed E-state index contributed by atoms with van der Waals surface area (Å²) in [5, 5.41) is 0. The molecule has 0 aromatic heterocycles. The summed E-state index contributed by atoms with van der Waals surface area (Å²) in [6, 6.07) is 17.5. The van der Waals surface area contributed by atoms with Crippen LogP contribution in [0.25, 0.3) is 11.1 Å². The first kappa shape index (κ1) is 8.72. The fourth-order valence-corrected chi connectivity index (χ4v) is 2.57. The maximum Gasteiger partial charge on any atom is -0.0144 e. The Labute approximate surface area is 90.6 Å². The predicted octanol–water partition coefficient (Wildman–Crippen LogP) is 4.01. The van der Waals surface area contributed by atoms with Gasteiger partial charge < -0.3 is 0 Å². The Kier molecular flexibility index (Phi) is 1.88. The molecule has 0 amide bonds. The van der Waals surface area contributed by atoms with Gasteiger partial charge in [0, 0.05) is 0 Å². The molecule has 0 aliphatic heterocycles. The molecule has 0 radical (unpaired) electrons. The van der Waals surface area contributed by atoms with Crippen molar-refractivity contribution in [2.75, 3.05) is 0 Å². The Morgan fingerprint density at radius 3 is 2.40 bits per heavy atom. The van der Waals surface area contributed by atoms with Crippen LogP contribution >= 0.6 is 0 Å². The summed E-state index contributed by atoms with van der Waals surface area (Å²) in [5.74, 6) is 0.649. The second kappa shape index (κ2) is 3.23. The lowest BCUT2D eigenvalue weighted by molar-refractivity contribution is 0.749. The van der Waals surface area contributed by atoms with Crippen molar-refractivity contribution in [2.45, 2.75) is 19.3 Å². The number of rotatable bonds is 0. The summed E-state index contributed by atoms with van der Waals surface area (Å²) in [6.45, 7) is 2.31. The second-order valence-corrected chi connectivity index (χ2v) is 4.35. The molecule has 2 aromatic rings. The first-order valence-electron chi connectivity index (χ1n) is 5.53. The third-order valence-electron chi connectivity index (χ3n) is 3.33. The van der Waals surface area contributed by atoms with E-state index in [4.69, 9.17) is 0 Å². The van der Waals surface area contributed by atoms with Crippen molar-refractivity contribution in [3.05, 3.63) is 59.7 Å². The number of benzene rings is 2. The lowest BCUT2D eigenvalue weighted by Gasteiger charge is -2.24. The smallest absolute Gasteiger partial charge is 0.0144 e. The van der Waals surface area contributed by atoms with Gasteiger partial charge in [-0.3, -0.25) is 0 Å². The van der Waals surface area contributed by atoms with Crippen LogP contribution in [0.2, 0.25) is 0 Å². The highest BCUT2D eigenvalue weighted by atomic mass is 14.2. The summed E-state index contributed by atoms with van der Waals surface area (Å²) in [5.41, 5.74) is 5.83. The Bertz CT molecular complexity index is 497. The van der Waals surface area contributed by atoms with Crippen LogP contribution in [-0.2, 0) is 6.42 Å². The summed E-state index contributed by atoms with van der Waals surface area (Å²) in [6.07, 6.45) is 1.17. The van der Waals surface area contributed by atoms with Crippen LogP contribution < -0.4 is 0 Å². The molecule has 1 atom stereocenters. The molecule has 0 N–H and O–H groups in total. The lowest BCUT2D eigenvalue weighted by atomic mass is 9.80. The molecule has 0 unspecified atom stereocenters. The van der Waals surface area contributed by atoms with Gasteiger partial charge in [-0.05, 0) is 34.6 Å². The Hall–Kier alpha value is -1.56. The van der Waals surface area contributed by atoms with E-state index in [2.05, 4.69) is 55.5 Å². The molecular formula is C15H14. The highest BCUT2D eigenvalue weighted by Gasteiger charge is 2.19. The SMILES string of the molecule is C[C@@H]1Cc2ccccc2-c2ccccc21. The van der Waals surface area contributed by atoms with E-state index in [-0.39, 0.29) is 0 Å². The van der Waals surface area contributed by atoms with Crippen molar-refractivity contribution in [3.63, 3.8) is 0 Å². The van der Waals surface area contributed by atoms with Crippen LogP contribution in [0.5, 0.6) is 0 Å². The minimum absolute atomic E-state index is 0.649. The van der Waals surface area contributed by atoms with Gasteiger partial charge in [0.1, 0.15) is 0 Å². The van der Waals surface area contributed by atoms with Crippen LogP contribution in [0.1, 0.15) is 24.0 Å². The zero-order valence-corrected chi connectivity index (χ0v) is 8.90. The minimum Gasteiger partial charge on any atom is -0.0620 e. The van der Waals surface area contributed by atoms with Gasteiger partial charge >= 0.3 is 0 Å². The van der Waals surface area contributed by atoms with E-state index in [9.17, 15) is 0 Å². The summed E-state index contributed by atoms with van der Waals surface area (Å²) < 4.78 is 0. The highest BCUT2D eigenvalue weighted by Crippen LogP contribution is 2.38. The topological polar surface area (TPSA) is 0 Å². The summed E-state index contributed by atoms with van der Waals surface area (Å²) in [7, 11) is 0. The average molecular weight is 194 g/mol.